The van der Waals surface area contributed by atoms with E-state index in [2.05, 4.69) is 20.1 Å². The lowest BCUT2D eigenvalue weighted by molar-refractivity contribution is -0.116. The summed E-state index contributed by atoms with van der Waals surface area (Å²) in [6, 6.07) is 15.6. The van der Waals surface area contributed by atoms with Crippen molar-refractivity contribution in [2.45, 2.75) is 6.54 Å². The van der Waals surface area contributed by atoms with E-state index in [1.54, 1.807) is 28.9 Å². The van der Waals surface area contributed by atoms with Gasteiger partial charge in [0.2, 0.25) is 5.91 Å². The molecule has 4 rings (SSSR count). The number of nitrogens with one attached hydrogen (secondary N) is 1. The van der Waals surface area contributed by atoms with Crippen molar-refractivity contribution in [3.63, 3.8) is 0 Å². The number of rotatable bonds is 5. The Morgan fingerprint density at radius 2 is 1.80 bits per heavy atom. The minimum absolute atomic E-state index is 0.211. The van der Waals surface area contributed by atoms with Crippen molar-refractivity contribution in [2.75, 3.05) is 12.4 Å². The van der Waals surface area contributed by atoms with Crippen LogP contribution in [0.2, 0.25) is 0 Å². The largest absolute Gasteiger partial charge is 0.465 e. The second kappa shape index (κ2) is 8.00. The van der Waals surface area contributed by atoms with Crippen LogP contribution in [0.5, 0.6) is 0 Å². The van der Waals surface area contributed by atoms with E-state index in [4.69, 9.17) is 0 Å². The predicted molar refractivity (Wildman–Crippen MR) is 110 cm³/mol. The van der Waals surface area contributed by atoms with Gasteiger partial charge in [-0.15, -0.1) is 0 Å². The van der Waals surface area contributed by atoms with E-state index in [0.29, 0.717) is 22.3 Å². The van der Waals surface area contributed by atoms with Crippen LogP contribution >= 0.6 is 0 Å². The zero-order valence-corrected chi connectivity index (χ0v) is 16.0. The van der Waals surface area contributed by atoms with Crippen LogP contribution in [-0.2, 0) is 16.1 Å². The highest BCUT2D eigenvalue weighted by Crippen LogP contribution is 2.13. The Labute approximate surface area is 170 Å². The molecule has 0 spiro atoms. The molecule has 0 aliphatic carbocycles. The second-order valence-electron chi connectivity index (χ2n) is 6.42. The smallest absolute Gasteiger partial charge is 0.337 e. The van der Waals surface area contributed by atoms with Crippen LogP contribution in [0.25, 0.3) is 16.7 Å². The van der Waals surface area contributed by atoms with Crippen LogP contribution in [0.3, 0.4) is 0 Å². The van der Waals surface area contributed by atoms with Gasteiger partial charge in [-0.2, -0.15) is 5.10 Å². The predicted octanol–water partition coefficient (Wildman–Crippen LogP) is 2.01. The molecule has 0 aliphatic heterocycles. The standard InChI is InChI=1S/C21H17N5O4/c1-30-21(29)14-7-9-15(10-8-14)24-18(27)12-25-13-22-19-17(20(25)28)11-23-26(19)16-5-3-2-4-6-16/h2-11,13H,12H2,1H3,(H,24,27). The fourth-order valence-electron chi connectivity index (χ4n) is 2.98. The summed E-state index contributed by atoms with van der Waals surface area (Å²) >= 11 is 0. The molecule has 0 aliphatic rings. The topological polar surface area (TPSA) is 108 Å². The number of benzene rings is 2. The van der Waals surface area contributed by atoms with Gasteiger partial charge in [0.25, 0.3) is 5.56 Å². The van der Waals surface area contributed by atoms with Gasteiger partial charge in [0.1, 0.15) is 18.3 Å². The molecule has 2 aromatic heterocycles. The minimum Gasteiger partial charge on any atom is -0.465 e. The Morgan fingerprint density at radius 1 is 1.07 bits per heavy atom. The highest BCUT2D eigenvalue weighted by Gasteiger charge is 2.13. The number of hydrogen-bond acceptors (Lipinski definition) is 6. The summed E-state index contributed by atoms with van der Waals surface area (Å²) in [4.78, 5) is 40.9. The van der Waals surface area contributed by atoms with Gasteiger partial charge in [-0.1, -0.05) is 18.2 Å². The number of ether oxygens (including phenoxy) is 1. The lowest BCUT2D eigenvalue weighted by atomic mass is 10.2. The molecule has 4 aromatic rings. The number of carbonyl (C=O) groups excluding carboxylic acids is 2. The summed E-state index contributed by atoms with van der Waals surface area (Å²) in [5, 5.41) is 7.24. The van der Waals surface area contributed by atoms with Crippen molar-refractivity contribution in [1.82, 2.24) is 19.3 Å². The fraction of sp³-hybridized carbons (Fsp3) is 0.0952. The number of hydrogen-bond donors (Lipinski definition) is 1. The lowest BCUT2D eigenvalue weighted by Crippen LogP contribution is -2.27. The molecule has 0 radical (unpaired) electrons. The zero-order chi connectivity index (χ0) is 21.1. The van der Waals surface area contributed by atoms with Crippen molar-refractivity contribution >= 4 is 28.6 Å². The monoisotopic (exact) mass is 403 g/mol. The van der Waals surface area contributed by atoms with E-state index in [0.717, 1.165) is 5.69 Å². The van der Waals surface area contributed by atoms with Gasteiger partial charge in [0, 0.05) is 5.69 Å². The number of para-hydroxylation sites is 1. The van der Waals surface area contributed by atoms with Crippen LogP contribution < -0.4 is 10.9 Å². The second-order valence-corrected chi connectivity index (χ2v) is 6.42. The number of esters is 1. The van der Waals surface area contributed by atoms with Gasteiger partial charge >= 0.3 is 5.97 Å². The molecule has 0 bridgehead atoms. The maximum Gasteiger partial charge on any atom is 0.337 e. The first-order valence-corrected chi connectivity index (χ1v) is 9.03. The molecule has 0 saturated heterocycles. The molecular weight excluding hydrogens is 386 g/mol. The number of aromatic nitrogens is 4. The maximum absolute atomic E-state index is 12.8. The number of fused-ring (bicyclic) bond motifs is 1. The Hall–Kier alpha value is -4.27. The van der Waals surface area contributed by atoms with Gasteiger partial charge < -0.3 is 10.1 Å². The molecule has 0 atom stereocenters. The van der Waals surface area contributed by atoms with Crippen LogP contribution in [0.15, 0.2) is 71.9 Å². The zero-order valence-electron chi connectivity index (χ0n) is 16.0. The van der Waals surface area contributed by atoms with E-state index in [1.807, 2.05) is 30.3 Å². The number of carbonyl (C=O) groups is 2. The van der Waals surface area contributed by atoms with E-state index >= 15 is 0 Å². The molecule has 30 heavy (non-hydrogen) atoms. The SMILES string of the molecule is COC(=O)c1ccc(NC(=O)Cn2cnc3c(cnn3-c3ccccc3)c2=O)cc1. The van der Waals surface area contributed by atoms with Crippen molar-refractivity contribution in [1.29, 1.82) is 0 Å². The average Bonchev–Trinajstić information content (AvgIpc) is 3.21. The Morgan fingerprint density at radius 3 is 2.50 bits per heavy atom. The first-order valence-electron chi connectivity index (χ1n) is 9.03. The Balaban J connectivity index is 1.53. The van der Waals surface area contributed by atoms with Crippen LogP contribution in [0, 0.1) is 0 Å². The Bertz CT molecular complexity index is 1280. The van der Waals surface area contributed by atoms with Gasteiger partial charge in [-0.3, -0.25) is 14.2 Å². The third-order valence-corrected chi connectivity index (χ3v) is 4.46. The summed E-state index contributed by atoms with van der Waals surface area (Å²) in [6.45, 7) is -0.211. The minimum atomic E-state index is -0.463. The van der Waals surface area contributed by atoms with Gasteiger partial charge in [0.05, 0.1) is 24.6 Å². The Kier molecular flexibility index (Phi) is 5.08. The molecule has 0 fully saturated rings. The number of nitrogens with zero attached hydrogens (tertiary/aromatic N) is 4. The van der Waals surface area contributed by atoms with Crippen LogP contribution in [0.1, 0.15) is 10.4 Å². The summed E-state index contributed by atoms with van der Waals surface area (Å²) in [6.07, 6.45) is 2.77. The molecule has 1 amide bonds. The van der Waals surface area contributed by atoms with E-state index in [9.17, 15) is 14.4 Å². The molecule has 0 unspecified atom stereocenters. The first kappa shape index (κ1) is 19.1. The maximum atomic E-state index is 12.8. The molecule has 2 aromatic carbocycles. The van der Waals surface area contributed by atoms with E-state index in [1.165, 1.54) is 24.2 Å². The molecule has 150 valence electrons. The molecular formula is C21H17N5O4. The average molecular weight is 403 g/mol. The molecule has 9 nitrogen and oxygen atoms in total. The third kappa shape index (κ3) is 3.68. The van der Waals surface area contributed by atoms with Crippen molar-refractivity contribution in [2.24, 2.45) is 0 Å². The highest BCUT2D eigenvalue weighted by molar-refractivity contribution is 5.93. The van der Waals surface area contributed by atoms with E-state index < -0.39 is 11.9 Å². The first-order chi connectivity index (χ1) is 14.6. The molecule has 0 saturated carbocycles. The summed E-state index contributed by atoms with van der Waals surface area (Å²) in [7, 11) is 1.30. The normalized spacial score (nSPS) is 10.7. The van der Waals surface area contributed by atoms with Crippen molar-refractivity contribution in [3.8, 4) is 5.69 Å². The van der Waals surface area contributed by atoms with E-state index in [-0.39, 0.29) is 12.1 Å². The summed E-state index contributed by atoms with van der Waals surface area (Å²) in [5.74, 6) is -0.866. The molecule has 9 heteroatoms. The number of amides is 1. The number of methoxy groups -OCH3 is 1. The summed E-state index contributed by atoms with van der Waals surface area (Å²) < 4.78 is 7.43. The third-order valence-electron chi connectivity index (χ3n) is 4.46. The quantitative estimate of drug-likeness (QED) is 0.511. The molecule has 2 heterocycles. The lowest BCUT2D eigenvalue weighted by Gasteiger charge is -2.08. The molecule has 1 N–H and O–H groups in total. The van der Waals surface area contributed by atoms with Crippen molar-refractivity contribution < 1.29 is 14.3 Å². The summed E-state index contributed by atoms with van der Waals surface area (Å²) in [5.41, 5.74) is 1.70. The van der Waals surface area contributed by atoms with Gasteiger partial charge in [-0.25, -0.2) is 14.5 Å². The van der Waals surface area contributed by atoms with Crippen molar-refractivity contribution in [3.05, 3.63) is 83.0 Å². The van der Waals surface area contributed by atoms with Crippen LogP contribution in [-0.4, -0.2) is 38.3 Å². The van der Waals surface area contributed by atoms with Gasteiger partial charge in [-0.05, 0) is 36.4 Å². The number of anilines is 1. The van der Waals surface area contributed by atoms with Crippen LogP contribution in [0.4, 0.5) is 5.69 Å². The fourth-order valence-corrected chi connectivity index (χ4v) is 2.98. The highest BCUT2D eigenvalue weighted by atomic mass is 16.5. The van der Waals surface area contributed by atoms with Gasteiger partial charge in [0.15, 0.2) is 5.65 Å².